The van der Waals surface area contributed by atoms with E-state index in [1.54, 1.807) is 0 Å². The summed E-state index contributed by atoms with van der Waals surface area (Å²) in [6.45, 7) is 4.65. The highest BCUT2D eigenvalue weighted by atomic mass is 15.0. The average molecular weight is 602 g/mol. The summed E-state index contributed by atoms with van der Waals surface area (Å²) in [7, 11) is 0. The molecule has 3 heteroatoms. The molecule has 0 unspecified atom stereocenters. The molecule has 47 heavy (non-hydrogen) atoms. The monoisotopic (exact) mass is 601 g/mol. The molecular weight excluding hydrogens is 571 g/mol. The van der Waals surface area contributed by atoms with Gasteiger partial charge >= 0.3 is 0 Å². The molecule has 0 aliphatic heterocycles. The van der Waals surface area contributed by atoms with E-state index in [4.69, 9.17) is 15.0 Å². The van der Waals surface area contributed by atoms with Gasteiger partial charge in [0.15, 0.2) is 17.5 Å². The van der Waals surface area contributed by atoms with Crippen LogP contribution in [0.1, 0.15) is 25.0 Å². The zero-order chi connectivity index (χ0) is 31.5. The van der Waals surface area contributed by atoms with Crippen molar-refractivity contribution in [3.8, 4) is 56.4 Å². The van der Waals surface area contributed by atoms with E-state index < -0.39 is 0 Å². The van der Waals surface area contributed by atoms with Gasteiger partial charge in [0.2, 0.25) is 0 Å². The summed E-state index contributed by atoms with van der Waals surface area (Å²) in [5.41, 5.74) is 10.6. The van der Waals surface area contributed by atoms with Crippen molar-refractivity contribution >= 4 is 21.5 Å². The first kappa shape index (κ1) is 27.4. The smallest absolute Gasteiger partial charge is 0.164 e. The lowest BCUT2D eigenvalue weighted by molar-refractivity contribution is 0.660. The first-order valence-corrected chi connectivity index (χ1v) is 16.1. The Bertz CT molecular complexity index is 2490. The third-order valence-electron chi connectivity index (χ3n) is 9.73. The van der Waals surface area contributed by atoms with Crippen molar-refractivity contribution < 1.29 is 0 Å². The van der Waals surface area contributed by atoms with Crippen molar-refractivity contribution in [1.29, 1.82) is 0 Å². The number of benzene rings is 7. The van der Waals surface area contributed by atoms with Gasteiger partial charge in [-0.15, -0.1) is 0 Å². The van der Waals surface area contributed by atoms with Crippen molar-refractivity contribution in [1.82, 2.24) is 15.0 Å². The third kappa shape index (κ3) is 4.46. The van der Waals surface area contributed by atoms with Gasteiger partial charge in [-0.2, -0.15) is 0 Å². The molecule has 1 aliphatic carbocycles. The highest BCUT2D eigenvalue weighted by Crippen LogP contribution is 2.49. The second-order valence-corrected chi connectivity index (χ2v) is 12.9. The lowest BCUT2D eigenvalue weighted by Crippen LogP contribution is -2.14. The van der Waals surface area contributed by atoms with E-state index in [1.165, 1.54) is 44.0 Å². The Kier molecular flexibility index (Phi) is 6.16. The molecule has 8 aromatic rings. The van der Waals surface area contributed by atoms with Gasteiger partial charge in [-0.1, -0.05) is 153 Å². The molecule has 7 aromatic carbocycles. The molecule has 1 heterocycles. The zero-order valence-electron chi connectivity index (χ0n) is 26.3. The summed E-state index contributed by atoms with van der Waals surface area (Å²) < 4.78 is 0. The Morgan fingerprint density at radius 2 is 0.979 bits per heavy atom. The van der Waals surface area contributed by atoms with Gasteiger partial charge in [0.05, 0.1) is 0 Å². The summed E-state index contributed by atoms with van der Waals surface area (Å²) in [6, 6.07) is 53.7. The van der Waals surface area contributed by atoms with Crippen LogP contribution in [0.3, 0.4) is 0 Å². The van der Waals surface area contributed by atoms with Crippen LogP contribution in [0.5, 0.6) is 0 Å². The lowest BCUT2D eigenvalue weighted by Gasteiger charge is -2.22. The quantitative estimate of drug-likeness (QED) is 0.188. The van der Waals surface area contributed by atoms with E-state index >= 15 is 0 Å². The maximum atomic E-state index is 5.15. The van der Waals surface area contributed by atoms with Crippen molar-refractivity contribution in [2.45, 2.75) is 19.3 Å². The molecule has 1 aromatic heterocycles. The number of hydrogen-bond acceptors (Lipinski definition) is 3. The molecule has 0 saturated heterocycles. The van der Waals surface area contributed by atoms with Crippen LogP contribution in [0, 0.1) is 0 Å². The summed E-state index contributed by atoms with van der Waals surface area (Å²) in [5.74, 6) is 1.98. The van der Waals surface area contributed by atoms with Crippen molar-refractivity contribution in [2.75, 3.05) is 0 Å². The van der Waals surface area contributed by atoms with Crippen LogP contribution < -0.4 is 0 Å². The lowest BCUT2D eigenvalue weighted by atomic mass is 9.81. The Hall–Kier alpha value is -5.93. The van der Waals surface area contributed by atoms with Crippen molar-refractivity contribution in [2.24, 2.45) is 0 Å². The molecule has 1 aliphatic rings. The van der Waals surface area contributed by atoms with E-state index in [-0.39, 0.29) is 5.41 Å². The second kappa shape index (κ2) is 10.6. The van der Waals surface area contributed by atoms with Crippen LogP contribution in [0.25, 0.3) is 78.0 Å². The normalized spacial score (nSPS) is 13.1. The molecule has 0 fully saturated rings. The Labute approximate surface area is 274 Å². The minimum Gasteiger partial charge on any atom is -0.208 e. The molecule has 0 spiro atoms. The van der Waals surface area contributed by atoms with E-state index in [0.29, 0.717) is 17.5 Å². The van der Waals surface area contributed by atoms with E-state index in [1.807, 2.05) is 18.2 Å². The van der Waals surface area contributed by atoms with Crippen LogP contribution in [-0.4, -0.2) is 15.0 Å². The van der Waals surface area contributed by atoms with Crippen LogP contribution in [0.4, 0.5) is 0 Å². The maximum absolute atomic E-state index is 5.15. The molecule has 9 rings (SSSR count). The fraction of sp³-hybridized carbons (Fsp3) is 0.0682. The maximum Gasteiger partial charge on any atom is 0.164 e. The number of aromatic nitrogens is 3. The second-order valence-electron chi connectivity index (χ2n) is 12.9. The molecule has 0 saturated carbocycles. The van der Waals surface area contributed by atoms with Crippen LogP contribution in [-0.2, 0) is 5.41 Å². The number of fused-ring (bicyclic) bond motifs is 6. The molecule has 0 bridgehead atoms. The summed E-state index contributed by atoms with van der Waals surface area (Å²) in [4.78, 5) is 15.3. The van der Waals surface area contributed by atoms with Crippen LogP contribution in [0.15, 0.2) is 152 Å². The van der Waals surface area contributed by atoms with Crippen molar-refractivity contribution in [3.05, 3.63) is 163 Å². The van der Waals surface area contributed by atoms with Gasteiger partial charge < -0.3 is 0 Å². The molecule has 222 valence electrons. The summed E-state index contributed by atoms with van der Waals surface area (Å²) in [6.07, 6.45) is 0. The fourth-order valence-corrected chi connectivity index (χ4v) is 7.30. The fourth-order valence-electron chi connectivity index (χ4n) is 7.30. The molecular formula is C44H31N3. The molecule has 0 radical (unpaired) electrons. The predicted octanol–water partition coefficient (Wildman–Crippen LogP) is 11.2. The highest BCUT2D eigenvalue weighted by molar-refractivity contribution is 6.11. The Balaban J connectivity index is 1.20. The molecule has 0 atom stereocenters. The SMILES string of the molecule is CC1(C)c2ccccc2-c2ccc(-c3cccc(-c4nc(-c5ccccc5)nc(-c5cccc6c5ccc5ccccc56)n4)c3)cc21. The van der Waals surface area contributed by atoms with Gasteiger partial charge in [-0.3, -0.25) is 0 Å². The number of hydrogen-bond donors (Lipinski definition) is 0. The average Bonchev–Trinajstić information content (AvgIpc) is 3.37. The minimum absolute atomic E-state index is 0.0585. The van der Waals surface area contributed by atoms with Gasteiger partial charge in [0, 0.05) is 22.1 Å². The zero-order valence-corrected chi connectivity index (χ0v) is 26.3. The van der Waals surface area contributed by atoms with Gasteiger partial charge in [0.1, 0.15) is 0 Å². The Morgan fingerprint density at radius 3 is 1.87 bits per heavy atom. The van der Waals surface area contributed by atoms with Gasteiger partial charge in [-0.05, 0) is 67.1 Å². The number of rotatable bonds is 4. The predicted molar refractivity (Wildman–Crippen MR) is 194 cm³/mol. The van der Waals surface area contributed by atoms with Crippen LogP contribution >= 0.6 is 0 Å². The topological polar surface area (TPSA) is 38.7 Å². The first-order chi connectivity index (χ1) is 23.0. The van der Waals surface area contributed by atoms with Crippen molar-refractivity contribution in [3.63, 3.8) is 0 Å². The summed E-state index contributed by atoms with van der Waals surface area (Å²) >= 11 is 0. The summed E-state index contributed by atoms with van der Waals surface area (Å²) in [5, 5.41) is 4.75. The minimum atomic E-state index is -0.0585. The van der Waals surface area contributed by atoms with Gasteiger partial charge in [-0.25, -0.2) is 15.0 Å². The third-order valence-corrected chi connectivity index (χ3v) is 9.73. The molecule has 3 nitrogen and oxygen atoms in total. The highest BCUT2D eigenvalue weighted by Gasteiger charge is 2.35. The first-order valence-electron chi connectivity index (χ1n) is 16.1. The van der Waals surface area contributed by atoms with E-state index in [9.17, 15) is 0 Å². The number of nitrogens with zero attached hydrogens (tertiary/aromatic N) is 3. The van der Waals surface area contributed by atoms with E-state index in [2.05, 4.69) is 147 Å². The molecule has 0 N–H and O–H groups in total. The van der Waals surface area contributed by atoms with Crippen LogP contribution in [0.2, 0.25) is 0 Å². The molecule has 0 amide bonds. The van der Waals surface area contributed by atoms with E-state index in [0.717, 1.165) is 27.6 Å². The van der Waals surface area contributed by atoms with Gasteiger partial charge in [0.25, 0.3) is 0 Å². The largest absolute Gasteiger partial charge is 0.208 e. The standard InChI is InChI=1S/C44H31N3/c1-44(2)39-21-9-8-18-36(39)37-25-23-31(27-40(37)44)30-15-10-16-32(26-30)42-45-41(29-13-4-3-5-14-29)46-43(47-42)38-20-11-19-34-33-17-7-6-12-28(33)22-24-35(34)38/h3-27H,1-2H3. The Morgan fingerprint density at radius 1 is 0.362 bits per heavy atom.